The molecule has 2 aliphatic heterocycles. The predicted molar refractivity (Wildman–Crippen MR) is 104 cm³/mol. The number of benzene rings is 1. The zero-order valence-corrected chi connectivity index (χ0v) is 16.7. The van der Waals surface area contributed by atoms with Crippen molar-refractivity contribution in [1.29, 1.82) is 0 Å². The van der Waals surface area contributed by atoms with Gasteiger partial charge in [0.05, 0.1) is 25.7 Å². The number of amides is 2. The molecular formula is C20H28N2O7. The van der Waals surface area contributed by atoms with Crippen LogP contribution in [0, 0.1) is 0 Å². The number of hydrogen-bond acceptors (Lipinski definition) is 7. The highest BCUT2D eigenvalue weighted by atomic mass is 16.6. The minimum atomic E-state index is -0.524. The molecule has 3 rings (SSSR count). The number of carbonyl (C=O) groups excluding carboxylic acids is 2. The van der Waals surface area contributed by atoms with Crippen molar-refractivity contribution in [2.45, 2.75) is 37.1 Å². The van der Waals surface area contributed by atoms with Crippen molar-refractivity contribution in [2.24, 2.45) is 0 Å². The van der Waals surface area contributed by atoms with Crippen LogP contribution in [0.2, 0.25) is 0 Å². The molecule has 9 nitrogen and oxygen atoms in total. The molecule has 0 aliphatic carbocycles. The van der Waals surface area contributed by atoms with Gasteiger partial charge in [-0.25, -0.2) is 0 Å². The summed E-state index contributed by atoms with van der Waals surface area (Å²) in [4.78, 5) is 24.0. The van der Waals surface area contributed by atoms with Gasteiger partial charge < -0.3 is 34.7 Å². The predicted octanol–water partition coefficient (Wildman–Crippen LogP) is 0.419. The number of aliphatic hydroxyl groups excluding tert-OH is 1. The maximum atomic E-state index is 12.2. The fourth-order valence-corrected chi connectivity index (χ4v) is 3.87. The van der Waals surface area contributed by atoms with Crippen molar-refractivity contribution < 1.29 is 33.6 Å². The first-order chi connectivity index (χ1) is 14.0. The molecule has 0 aromatic heterocycles. The number of methoxy groups -OCH3 is 2. The molecule has 2 aliphatic rings. The van der Waals surface area contributed by atoms with Gasteiger partial charge in [0.2, 0.25) is 11.8 Å². The summed E-state index contributed by atoms with van der Waals surface area (Å²) in [6, 6.07) is 5.44. The van der Waals surface area contributed by atoms with E-state index in [4.69, 9.17) is 18.9 Å². The summed E-state index contributed by atoms with van der Waals surface area (Å²) < 4.78 is 21.7. The highest BCUT2D eigenvalue weighted by molar-refractivity contribution is 5.91. The molecule has 4 atom stereocenters. The van der Waals surface area contributed by atoms with Crippen LogP contribution in [0.3, 0.4) is 0 Å². The maximum Gasteiger partial charge on any atom is 0.250 e. The second kappa shape index (κ2) is 10.0. The Morgan fingerprint density at radius 3 is 2.79 bits per heavy atom. The molecule has 1 aromatic rings. The van der Waals surface area contributed by atoms with Crippen LogP contribution in [-0.2, 0) is 23.8 Å². The molecule has 1 fully saturated rings. The summed E-state index contributed by atoms with van der Waals surface area (Å²) in [5, 5.41) is 15.4. The summed E-state index contributed by atoms with van der Waals surface area (Å²) in [6.07, 6.45) is -0.404. The number of carbonyl (C=O) groups is 2. The SMILES string of the molecule is COCCNC(=O)C[C@@H]1C[C@H]2c3cc(NC(=O)COC)ccc3O[C@H]2[C@@H](CO)O1. The Balaban J connectivity index is 1.70. The fraction of sp³-hybridized carbons (Fsp3) is 0.600. The molecule has 29 heavy (non-hydrogen) atoms. The minimum Gasteiger partial charge on any atom is -0.487 e. The first kappa shape index (κ1) is 21.5. The number of ether oxygens (including phenoxy) is 4. The Morgan fingerprint density at radius 1 is 1.24 bits per heavy atom. The van der Waals surface area contributed by atoms with Crippen LogP contribution in [-0.4, -0.2) is 75.8 Å². The molecule has 9 heteroatoms. The Morgan fingerprint density at radius 2 is 2.07 bits per heavy atom. The van der Waals surface area contributed by atoms with Gasteiger partial charge in [0.1, 0.15) is 24.6 Å². The van der Waals surface area contributed by atoms with Gasteiger partial charge in [0, 0.05) is 37.9 Å². The van der Waals surface area contributed by atoms with E-state index >= 15 is 0 Å². The molecule has 2 amide bonds. The molecule has 160 valence electrons. The molecular weight excluding hydrogens is 380 g/mol. The number of nitrogens with one attached hydrogen (secondary N) is 2. The summed E-state index contributed by atoms with van der Waals surface area (Å²) in [5.41, 5.74) is 1.59. The van der Waals surface area contributed by atoms with Gasteiger partial charge in [-0.15, -0.1) is 0 Å². The smallest absolute Gasteiger partial charge is 0.250 e. The second-order valence-corrected chi connectivity index (χ2v) is 7.18. The molecule has 3 N–H and O–H groups in total. The summed E-state index contributed by atoms with van der Waals surface area (Å²) in [6.45, 7) is 0.655. The highest BCUT2D eigenvalue weighted by Gasteiger charge is 2.46. The van der Waals surface area contributed by atoms with Crippen LogP contribution in [0.25, 0.3) is 0 Å². The van der Waals surface area contributed by atoms with E-state index in [2.05, 4.69) is 10.6 Å². The van der Waals surface area contributed by atoms with Crippen molar-refractivity contribution in [3.05, 3.63) is 23.8 Å². The number of aliphatic hydroxyl groups is 1. The van der Waals surface area contributed by atoms with E-state index in [1.807, 2.05) is 6.07 Å². The molecule has 2 heterocycles. The summed E-state index contributed by atoms with van der Waals surface area (Å²) in [7, 11) is 3.04. The zero-order valence-electron chi connectivity index (χ0n) is 16.7. The lowest BCUT2D eigenvalue weighted by Crippen LogP contribution is -2.47. The average molecular weight is 408 g/mol. The molecule has 0 spiro atoms. The maximum absolute atomic E-state index is 12.2. The van der Waals surface area contributed by atoms with E-state index in [0.717, 1.165) is 5.56 Å². The van der Waals surface area contributed by atoms with Crippen LogP contribution >= 0.6 is 0 Å². The lowest BCUT2D eigenvalue weighted by Gasteiger charge is -2.37. The van der Waals surface area contributed by atoms with Crippen LogP contribution in [0.15, 0.2) is 18.2 Å². The third-order valence-corrected chi connectivity index (χ3v) is 5.10. The normalized spacial score (nSPS) is 24.9. The van der Waals surface area contributed by atoms with E-state index in [1.54, 1.807) is 19.2 Å². The van der Waals surface area contributed by atoms with Gasteiger partial charge in [0.25, 0.3) is 0 Å². The van der Waals surface area contributed by atoms with Gasteiger partial charge in [-0.05, 0) is 24.6 Å². The topological polar surface area (TPSA) is 115 Å². The second-order valence-electron chi connectivity index (χ2n) is 7.18. The lowest BCUT2D eigenvalue weighted by molar-refractivity contribution is -0.142. The largest absolute Gasteiger partial charge is 0.487 e. The number of fused-ring (bicyclic) bond motifs is 3. The standard InChI is InChI=1S/C20H28N2O7/c1-26-6-5-21-18(24)9-13-8-15-14-7-12(22-19(25)11-27-2)3-4-16(14)29-20(15)17(10-23)28-13/h3-4,7,13,15,17,20,23H,5-6,8-11H2,1-2H3,(H,21,24)(H,22,25)/t13-,15-,17+,20+/m0/s1. The van der Waals surface area contributed by atoms with Crippen LogP contribution in [0.4, 0.5) is 5.69 Å². The first-order valence-corrected chi connectivity index (χ1v) is 9.67. The Kier molecular flexibility index (Phi) is 7.43. The van der Waals surface area contributed by atoms with E-state index in [1.165, 1.54) is 7.11 Å². The van der Waals surface area contributed by atoms with Crippen LogP contribution in [0.1, 0.15) is 24.3 Å². The first-order valence-electron chi connectivity index (χ1n) is 9.67. The van der Waals surface area contributed by atoms with Crippen LogP contribution < -0.4 is 15.4 Å². The Hall–Kier alpha value is -2.20. The molecule has 0 radical (unpaired) electrons. The van der Waals surface area contributed by atoms with Crippen molar-refractivity contribution in [2.75, 3.05) is 45.9 Å². The van der Waals surface area contributed by atoms with E-state index in [9.17, 15) is 14.7 Å². The van der Waals surface area contributed by atoms with Gasteiger partial charge in [-0.1, -0.05) is 0 Å². The van der Waals surface area contributed by atoms with Gasteiger partial charge >= 0.3 is 0 Å². The van der Waals surface area contributed by atoms with E-state index in [-0.39, 0.29) is 49.6 Å². The van der Waals surface area contributed by atoms with E-state index in [0.29, 0.717) is 31.0 Å². The van der Waals surface area contributed by atoms with Crippen molar-refractivity contribution in [1.82, 2.24) is 5.32 Å². The molecule has 1 saturated heterocycles. The third kappa shape index (κ3) is 5.24. The van der Waals surface area contributed by atoms with Gasteiger partial charge in [-0.3, -0.25) is 9.59 Å². The van der Waals surface area contributed by atoms with E-state index < -0.39 is 6.10 Å². The number of hydrogen-bond donors (Lipinski definition) is 3. The van der Waals surface area contributed by atoms with Crippen molar-refractivity contribution in [3.8, 4) is 5.75 Å². The van der Waals surface area contributed by atoms with Crippen LogP contribution in [0.5, 0.6) is 5.75 Å². The van der Waals surface area contributed by atoms with Crippen molar-refractivity contribution >= 4 is 17.5 Å². The Labute approximate surface area is 169 Å². The zero-order chi connectivity index (χ0) is 20.8. The fourth-order valence-electron chi connectivity index (χ4n) is 3.87. The quantitative estimate of drug-likeness (QED) is 0.507. The molecule has 0 bridgehead atoms. The van der Waals surface area contributed by atoms with Crippen molar-refractivity contribution in [3.63, 3.8) is 0 Å². The van der Waals surface area contributed by atoms with Gasteiger partial charge in [-0.2, -0.15) is 0 Å². The highest BCUT2D eigenvalue weighted by Crippen LogP contribution is 2.47. The number of rotatable bonds is 9. The molecule has 0 saturated carbocycles. The summed E-state index contributed by atoms with van der Waals surface area (Å²) in [5.74, 6) is 0.305. The lowest BCUT2D eigenvalue weighted by atomic mass is 9.84. The average Bonchev–Trinajstić information content (AvgIpc) is 3.06. The van der Waals surface area contributed by atoms with Gasteiger partial charge in [0.15, 0.2) is 0 Å². The monoisotopic (exact) mass is 408 g/mol. The third-order valence-electron chi connectivity index (χ3n) is 5.10. The molecule has 0 unspecified atom stereocenters. The number of anilines is 1. The summed E-state index contributed by atoms with van der Waals surface area (Å²) >= 11 is 0. The minimum absolute atomic E-state index is 0.0275. The Bertz CT molecular complexity index is 727. The molecule has 1 aromatic carbocycles.